The molecule has 2 heterocycles. The molecule has 17 heavy (non-hydrogen) atoms. The van der Waals surface area contributed by atoms with Crippen molar-refractivity contribution in [2.24, 2.45) is 0 Å². The third-order valence-electron chi connectivity index (χ3n) is 2.79. The van der Waals surface area contributed by atoms with Gasteiger partial charge < -0.3 is 9.88 Å². The zero-order valence-electron chi connectivity index (χ0n) is 8.95. The van der Waals surface area contributed by atoms with Gasteiger partial charge in [0.05, 0.1) is 11.6 Å². The molecule has 0 unspecified atom stereocenters. The Morgan fingerprint density at radius 2 is 2.24 bits per heavy atom. The average molecular weight is 314 g/mol. The van der Waals surface area contributed by atoms with E-state index in [4.69, 9.17) is 11.6 Å². The zero-order chi connectivity index (χ0) is 11.8. The summed E-state index contributed by atoms with van der Waals surface area (Å²) in [5.41, 5.74) is 0.918. The van der Waals surface area contributed by atoms with Crippen molar-refractivity contribution >= 4 is 27.5 Å². The molecule has 0 amide bonds. The van der Waals surface area contributed by atoms with Gasteiger partial charge in [-0.25, -0.2) is 0 Å². The molecule has 1 aromatic carbocycles. The number of benzene rings is 1. The molecular weight excluding hydrogens is 304 g/mol. The van der Waals surface area contributed by atoms with Crippen molar-refractivity contribution in [2.75, 3.05) is 6.54 Å². The number of hydrogen-bond acceptors (Lipinski definition) is 3. The summed E-state index contributed by atoms with van der Waals surface area (Å²) in [6.45, 7) is 2.57. The summed E-state index contributed by atoms with van der Waals surface area (Å²) >= 11 is 9.66. The zero-order valence-corrected chi connectivity index (χ0v) is 11.3. The van der Waals surface area contributed by atoms with E-state index in [-0.39, 0.29) is 0 Å². The van der Waals surface area contributed by atoms with Crippen molar-refractivity contribution in [3.8, 4) is 11.4 Å². The Hall–Kier alpha value is -0.910. The average Bonchev–Trinajstić information content (AvgIpc) is 2.76. The molecule has 0 saturated carbocycles. The maximum absolute atomic E-state index is 6.21. The quantitative estimate of drug-likeness (QED) is 0.879. The molecule has 1 N–H and O–H groups in total. The smallest absolute Gasteiger partial charge is 0.165 e. The first kappa shape index (κ1) is 11.2. The molecule has 1 aliphatic rings. The Morgan fingerprint density at radius 3 is 3.12 bits per heavy atom. The molecule has 0 aliphatic carbocycles. The lowest BCUT2D eigenvalue weighted by Crippen LogP contribution is -2.28. The van der Waals surface area contributed by atoms with Crippen LogP contribution in [-0.4, -0.2) is 21.3 Å². The molecule has 1 aromatic heterocycles. The van der Waals surface area contributed by atoms with Gasteiger partial charge in [-0.05, 0) is 18.2 Å². The molecular formula is C11H10BrClN4. The molecule has 0 atom stereocenters. The summed E-state index contributed by atoms with van der Waals surface area (Å²) in [5, 5.41) is 12.4. The van der Waals surface area contributed by atoms with Crippen LogP contribution >= 0.6 is 27.5 Å². The Bertz CT molecular complexity index is 567. The minimum atomic E-state index is 0.696. The topological polar surface area (TPSA) is 42.7 Å². The van der Waals surface area contributed by atoms with Crippen LogP contribution in [0.5, 0.6) is 0 Å². The molecule has 0 bridgehead atoms. The van der Waals surface area contributed by atoms with Crippen molar-refractivity contribution in [2.45, 2.75) is 13.1 Å². The highest BCUT2D eigenvalue weighted by Crippen LogP contribution is 2.30. The summed E-state index contributed by atoms with van der Waals surface area (Å²) in [5.74, 6) is 1.80. The van der Waals surface area contributed by atoms with Crippen LogP contribution in [0.3, 0.4) is 0 Å². The maximum atomic E-state index is 6.21. The van der Waals surface area contributed by atoms with E-state index in [1.807, 2.05) is 18.2 Å². The largest absolute Gasteiger partial charge is 0.309 e. The molecule has 0 spiro atoms. The predicted molar refractivity (Wildman–Crippen MR) is 69.9 cm³/mol. The van der Waals surface area contributed by atoms with Crippen molar-refractivity contribution in [1.29, 1.82) is 0 Å². The number of rotatable bonds is 1. The van der Waals surface area contributed by atoms with Crippen molar-refractivity contribution in [1.82, 2.24) is 20.1 Å². The fourth-order valence-corrected chi connectivity index (χ4v) is 2.52. The SMILES string of the molecule is Clc1ccc(Br)cc1-c1nnc2n1CCNC2. The van der Waals surface area contributed by atoms with E-state index in [1.165, 1.54) is 0 Å². The molecule has 0 saturated heterocycles. The summed E-state index contributed by atoms with van der Waals surface area (Å²) in [4.78, 5) is 0. The van der Waals surface area contributed by atoms with Crippen LogP contribution in [0.1, 0.15) is 5.82 Å². The van der Waals surface area contributed by atoms with Gasteiger partial charge in [-0.1, -0.05) is 27.5 Å². The summed E-state index contributed by atoms with van der Waals surface area (Å²) < 4.78 is 3.10. The van der Waals surface area contributed by atoms with Crippen LogP contribution in [0.25, 0.3) is 11.4 Å². The molecule has 6 heteroatoms. The van der Waals surface area contributed by atoms with Crippen molar-refractivity contribution < 1.29 is 0 Å². The molecule has 0 radical (unpaired) electrons. The monoisotopic (exact) mass is 312 g/mol. The van der Waals surface area contributed by atoms with Crippen LogP contribution in [-0.2, 0) is 13.1 Å². The van der Waals surface area contributed by atoms with Gasteiger partial charge >= 0.3 is 0 Å². The highest BCUT2D eigenvalue weighted by molar-refractivity contribution is 9.10. The minimum Gasteiger partial charge on any atom is -0.309 e. The van der Waals surface area contributed by atoms with E-state index in [9.17, 15) is 0 Å². The van der Waals surface area contributed by atoms with Gasteiger partial charge in [0.25, 0.3) is 0 Å². The standard InChI is InChI=1S/C11H10BrClN4/c12-7-1-2-9(13)8(5-7)11-16-15-10-6-14-3-4-17(10)11/h1-2,5,14H,3-4,6H2. The lowest BCUT2D eigenvalue weighted by atomic mass is 10.2. The Labute approximate surface area is 112 Å². The molecule has 1 aliphatic heterocycles. The molecule has 3 rings (SSSR count). The first-order valence-corrected chi connectivity index (χ1v) is 6.51. The van der Waals surface area contributed by atoms with Gasteiger partial charge in [0.2, 0.25) is 0 Å². The Kier molecular flexibility index (Phi) is 2.90. The molecule has 2 aromatic rings. The second kappa shape index (κ2) is 4.40. The highest BCUT2D eigenvalue weighted by Gasteiger charge is 2.18. The highest BCUT2D eigenvalue weighted by atomic mass is 79.9. The number of fused-ring (bicyclic) bond motifs is 1. The number of aromatic nitrogens is 3. The van der Waals surface area contributed by atoms with Crippen LogP contribution in [0, 0.1) is 0 Å². The van der Waals surface area contributed by atoms with E-state index in [1.54, 1.807) is 0 Å². The van der Waals surface area contributed by atoms with E-state index >= 15 is 0 Å². The lowest BCUT2D eigenvalue weighted by Gasteiger charge is -2.16. The van der Waals surface area contributed by atoms with Gasteiger partial charge in [0.15, 0.2) is 5.82 Å². The normalized spacial score (nSPS) is 14.7. The van der Waals surface area contributed by atoms with Crippen LogP contribution in [0.2, 0.25) is 5.02 Å². The lowest BCUT2D eigenvalue weighted by molar-refractivity contribution is 0.508. The number of nitrogens with one attached hydrogen (secondary N) is 1. The van der Waals surface area contributed by atoms with Gasteiger partial charge in [0, 0.05) is 23.1 Å². The van der Waals surface area contributed by atoms with E-state index in [0.717, 1.165) is 41.3 Å². The first-order valence-electron chi connectivity index (χ1n) is 5.34. The second-order valence-electron chi connectivity index (χ2n) is 3.89. The molecule has 88 valence electrons. The fourth-order valence-electron chi connectivity index (χ4n) is 1.96. The summed E-state index contributed by atoms with van der Waals surface area (Å²) in [6, 6.07) is 5.76. The van der Waals surface area contributed by atoms with Crippen LogP contribution < -0.4 is 5.32 Å². The van der Waals surface area contributed by atoms with Gasteiger partial charge in [-0.2, -0.15) is 0 Å². The van der Waals surface area contributed by atoms with E-state index in [2.05, 4.69) is 36.0 Å². The van der Waals surface area contributed by atoms with Gasteiger partial charge in [0.1, 0.15) is 5.82 Å². The summed E-state index contributed by atoms with van der Waals surface area (Å²) in [6.07, 6.45) is 0. The third-order valence-corrected chi connectivity index (χ3v) is 3.61. The predicted octanol–water partition coefficient (Wildman–Crippen LogP) is 2.46. The molecule has 4 nitrogen and oxygen atoms in total. The van der Waals surface area contributed by atoms with Crippen molar-refractivity contribution in [3.63, 3.8) is 0 Å². The number of nitrogens with zero attached hydrogens (tertiary/aromatic N) is 3. The molecule has 0 fully saturated rings. The van der Waals surface area contributed by atoms with Crippen molar-refractivity contribution in [3.05, 3.63) is 33.5 Å². The number of hydrogen-bond donors (Lipinski definition) is 1. The van der Waals surface area contributed by atoms with E-state index in [0.29, 0.717) is 5.02 Å². The van der Waals surface area contributed by atoms with Crippen LogP contribution in [0.4, 0.5) is 0 Å². The van der Waals surface area contributed by atoms with Gasteiger partial charge in [-0.15, -0.1) is 10.2 Å². The number of halogens is 2. The minimum absolute atomic E-state index is 0.696. The second-order valence-corrected chi connectivity index (χ2v) is 5.22. The maximum Gasteiger partial charge on any atom is 0.165 e. The fraction of sp³-hybridized carbons (Fsp3) is 0.273. The van der Waals surface area contributed by atoms with Gasteiger partial charge in [-0.3, -0.25) is 0 Å². The third kappa shape index (κ3) is 1.99. The first-order chi connectivity index (χ1) is 8.25. The van der Waals surface area contributed by atoms with E-state index < -0.39 is 0 Å². The Balaban J connectivity index is 2.15. The Morgan fingerprint density at radius 1 is 1.35 bits per heavy atom. The summed E-state index contributed by atoms with van der Waals surface area (Å²) in [7, 11) is 0. The van der Waals surface area contributed by atoms with Crippen LogP contribution in [0.15, 0.2) is 22.7 Å².